The predicted octanol–water partition coefficient (Wildman–Crippen LogP) is 10.5. The van der Waals surface area contributed by atoms with Gasteiger partial charge in [0.25, 0.3) is 5.91 Å². The van der Waals surface area contributed by atoms with E-state index >= 15 is 0 Å². The number of carbonyl (C=O) groups excluding carboxylic acids is 2. The van der Waals surface area contributed by atoms with Gasteiger partial charge in [-0.1, -0.05) is 0 Å². The summed E-state index contributed by atoms with van der Waals surface area (Å²) < 4.78 is 41.1. The number of amides is 1. The zero-order valence-electron chi connectivity index (χ0n) is 54.4. The quantitative estimate of drug-likeness (QED) is 0.0445. The second-order valence-electron chi connectivity index (χ2n) is 21.7. The molecule has 25 nitrogen and oxygen atoms in total. The number of pyridine rings is 8. The molecular formula is C72H70N14O11. The second kappa shape index (κ2) is 32.9. The number of carboxylic acids is 1. The molecule has 0 atom stereocenters. The topological polar surface area (TPSA) is 312 Å². The highest BCUT2D eigenvalue weighted by atomic mass is 16.5. The van der Waals surface area contributed by atoms with Crippen LogP contribution in [0.15, 0.2) is 177 Å². The number of hydrogen-bond donors (Lipinski definition) is 3. The molecule has 0 unspecified atom stereocenters. The summed E-state index contributed by atoms with van der Waals surface area (Å²) in [7, 11) is 6.23. The van der Waals surface area contributed by atoms with Crippen LogP contribution in [0.2, 0.25) is 0 Å². The van der Waals surface area contributed by atoms with Gasteiger partial charge in [-0.25, -0.2) is 43.5 Å². The SMILES string of the molecule is COCCOc1cc(-c2ccnc(C)c2)nc2cc(C(=O)NCc3ccn4ncnc4c3)ccc12.COCCOc1cc(-c2ccnc(C)c2)nc2cc(C(=O)O)ccc12.COCCOc1cc(-c2ccnc(C)c2)nc2cc(C(=O)OC)ccc12.NCc1ccn2ncnc2c1. The molecule has 4 N–H and O–H groups in total. The van der Waals surface area contributed by atoms with Gasteiger partial charge in [-0.15, -0.1) is 0 Å². The van der Waals surface area contributed by atoms with Crippen molar-refractivity contribution in [1.29, 1.82) is 0 Å². The molecule has 10 heterocycles. The Labute approximate surface area is 557 Å². The van der Waals surface area contributed by atoms with Gasteiger partial charge in [-0.05, 0) is 147 Å². The minimum absolute atomic E-state index is 0.186. The first-order valence-corrected chi connectivity index (χ1v) is 30.6. The average Bonchev–Trinajstić information content (AvgIpc) is 1.53. The van der Waals surface area contributed by atoms with Crippen LogP contribution in [-0.4, -0.2) is 150 Å². The van der Waals surface area contributed by atoms with E-state index in [0.717, 1.165) is 83.7 Å². The number of carbonyl (C=O) groups is 3. The number of fused-ring (bicyclic) bond motifs is 5. The van der Waals surface area contributed by atoms with Gasteiger partial charge >= 0.3 is 11.9 Å². The molecule has 13 rings (SSSR count). The lowest BCUT2D eigenvalue weighted by Gasteiger charge is -2.13. The highest BCUT2D eigenvalue weighted by Crippen LogP contribution is 2.34. The number of hydrogen-bond acceptors (Lipinski definition) is 21. The van der Waals surface area contributed by atoms with Gasteiger partial charge in [0.05, 0.1) is 71.7 Å². The largest absolute Gasteiger partial charge is 0.490 e. The Morgan fingerprint density at radius 3 is 1.28 bits per heavy atom. The van der Waals surface area contributed by atoms with Gasteiger partial charge in [0.15, 0.2) is 11.3 Å². The number of benzene rings is 3. The van der Waals surface area contributed by atoms with Crippen molar-refractivity contribution in [3.05, 3.63) is 222 Å². The molecule has 0 spiro atoms. The Morgan fingerprint density at radius 2 is 0.866 bits per heavy atom. The van der Waals surface area contributed by atoms with Gasteiger partial charge in [-0.2, -0.15) is 10.2 Å². The van der Waals surface area contributed by atoms with Crippen LogP contribution in [0.4, 0.5) is 0 Å². The molecule has 97 heavy (non-hydrogen) atoms. The van der Waals surface area contributed by atoms with Crippen LogP contribution in [0.3, 0.4) is 0 Å². The Bertz CT molecular complexity index is 4910. The standard InChI is InChI=1S/C26H24N6O3.C20H20N2O4.C19H18N2O4.C7H8N4/c1-17-11-19(5-7-27-17)22-14-24(35-10-9-34-2)21-4-3-20(13-23(21)31-22)26(33)28-15-18-6-8-32-25(12-18)29-16-30-32;1-13-10-14(6-7-21-13)17-12-19(26-9-8-24-2)16-5-4-15(20(23)25-3)11-18(16)22-17;1-12-9-13(5-6-20-12)16-11-18(25-8-7-24-2)15-4-3-14(19(22)23)10-17(15)21-16;8-4-6-1-2-11-7(3-6)9-5-10-11/h3-8,11-14,16H,9-10,15H2,1-2H3,(H,28,33);4-7,10-12H,8-9H2,1-3H3;3-6,9-11H,7-8H2,1-2H3,(H,22,23);1-3,5H,4,8H2. The first-order chi connectivity index (χ1) is 47.2. The van der Waals surface area contributed by atoms with Crippen LogP contribution in [0.5, 0.6) is 17.2 Å². The number of nitrogens with zero attached hydrogens (tertiary/aromatic N) is 12. The maximum absolute atomic E-state index is 12.9. The number of rotatable bonds is 21. The first-order valence-electron chi connectivity index (χ1n) is 30.6. The van der Waals surface area contributed by atoms with Gasteiger partial charge in [0, 0.05) is 139 Å². The van der Waals surface area contributed by atoms with Crippen molar-refractivity contribution in [2.75, 3.05) is 68.1 Å². The number of ether oxygens (including phenoxy) is 7. The highest BCUT2D eigenvalue weighted by molar-refractivity contribution is 6.00. The number of esters is 1. The third-order valence-electron chi connectivity index (χ3n) is 14.8. The summed E-state index contributed by atoms with van der Waals surface area (Å²) >= 11 is 0. The van der Waals surface area contributed by atoms with E-state index in [1.165, 1.54) is 19.8 Å². The maximum Gasteiger partial charge on any atom is 0.337 e. The van der Waals surface area contributed by atoms with Crippen molar-refractivity contribution in [1.82, 2.24) is 64.4 Å². The molecule has 1 amide bonds. The fourth-order valence-corrected chi connectivity index (χ4v) is 9.97. The smallest absolute Gasteiger partial charge is 0.337 e. The molecule has 0 aliphatic rings. The average molecular weight is 1310 g/mol. The summed E-state index contributed by atoms with van der Waals surface area (Å²) in [6.07, 6.45) is 11.9. The fraction of sp³-hybridized carbons (Fsp3) is 0.208. The minimum Gasteiger partial charge on any atom is -0.490 e. The zero-order chi connectivity index (χ0) is 68.2. The van der Waals surface area contributed by atoms with Crippen LogP contribution < -0.4 is 25.3 Å². The monoisotopic (exact) mass is 1310 g/mol. The van der Waals surface area contributed by atoms with Crippen molar-refractivity contribution < 1.29 is 52.6 Å². The summed E-state index contributed by atoms with van der Waals surface area (Å²) in [5.74, 6) is 0.430. The molecule has 25 heteroatoms. The molecule has 494 valence electrons. The van der Waals surface area contributed by atoms with E-state index in [4.69, 9.17) is 48.9 Å². The van der Waals surface area contributed by atoms with Crippen molar-refractivity contribution in [2.45, 2.75) is 33.9 Å². The molecule has 0 aliphatic carbocycles. The third-order valence-corrected chi connectivity index (χ3v) is 14.8. The predicted molar refractivity (Wildman–Crippen MR) is 365 cm³/mol. The molecular weight excluding hydrogens is 1240 g/mol. The molecule has 13 aromatic rings. The van der Waals surface area contributed by atoms with Gasteiger partial charge < -0.3 is 49.3 Å². The Hall–Kier alpha value is -11.8. The number of aromatic nitrogens is 12. The molecule has 0 bridgehead atoms. The molecule has 0 saturated heterocycles. The third kappa shape index (κ3) is 17.7. The van der Waals surface area contributed by atoms with E-state index in [9.17, 15) is 19.5 Å². The summed E-state index contributed by atoms with van der Waals surface area (Å²) in [4.78, 5) is 71.1. The van der Waals surface area contributed by atoms with Crippen molar-refractivity contribution in [2.24, 2.45) is 5.73 Å². The van der Waals surface area contributed by atoms with Gasteiger partial charge in [-0.3, -0.25) is 19.7 Å². The van der Waals surface area contributed by atoms with E-state index in [2.05, 4.69) is 45.4 Å². The van der Waals surface area contributed by atoms with Crippen molar-refractivity contribution in [3.8, 4) is 51.0 Å². The van der Waals surface area contributed by atoms with Crippen LogP contribution in [-0.2, 0) is 32.0 Å². The lowest BCUT2D eigenvalue weighted by atomic mass is 10.1. The maximum atomic E-state index is 12.9. The Kier molecular flexibility index (Phi) is 23.1. The number of nitrogens with two attached hydrogens (primary N) is 1. The minimum atomic E-state index is -0.990. The van der Waals surface area contributed by atoms with Crippen LogP contribution >= 0.6 is 0 Å². The van der Waals surface area contributed by atoms with E-state index in [-0.39, 0.29) is 11.5 Å². The Morgan fingerprint density at radius 1 is 0.464 bits per heavy atom. The zero-order valence-corrected chi connectivity index (χ0v) is 54.4. The molecule has 0 fully saturated rings. The summed E-state index contributed by atoms with van der Waals surface area (Å²) in [5, 5.41) is 22.6. The molecule has 3 aromatic carbocycles. The van der Waals surface area contributed by atoms with Gasteiger partial charge in [0.2, 0.25) is 0 Å². The normalized spacial score (nSPS) is 10.9. The highest BCUT2D eigenvalue weighted by Gasteiger charge is 2.17. The van der Waals surface area contributed by atoms with E-state index < -0.39 is 11.9 Å². The summed E-state index contributed by atoms with van der Waals surface area (Å²) in [6.45, 7) is 9.31. The number of nitrogens with one attached hydrogen (secondary N) is 1. The van der Waals surface area contributed by atoms with E-state index in [1.54, 1.807) is 91.4 Å². The van der Waals surface area contributed by atoms with Crippen molar-refractivity contribution in [3.63, 3.8) is 0 Å². The van der Waals surface area contributed by atoms with Gasteiger partial charge in [0.1, 0.15) is 49.7 Å². The molecule has 0 radical (unpaired) electrons. The Balaban J connectivity index is 0.000000148. The number of carboxylic acid groups (broad SMARTS) is 1. The first kappa shape index (κ1) is 68.1. The summed E-state index contributed by atoms with van der Waals surface area (Å²) in [5.41, 5.74) is 19.7. The fourth-order valence-electron chi connectivity index (χ4n) is 9.97. The summed E-state index contributed by atoms with van der Waals surface area (Å²) in [6, 6.07) is 40.3. The van der Waals surface area contributed by atoms with Crippen LogP contribution in [0, 0.1) is 20.8 Å². The molecule has 0 aliphatic heterocycles. The lowest BCUT2D eigenvalue weighted by molar-refractivity contribution is 0.0599. The van der Waals surface area contributed by atoms with E-state index in [0.29, 0.717) is 103 Å². The number of methoxy groups -OCH3 is 4. The number of aromatic carboxylic acids is 1. The number of aryl methyl sites for hydroxylation is 3. The second-order valence-corrected chi connectivity index (χ2v) is 21.7. The van der Waals surface area contributed by atoms with Crippen LogP contribution in [0.25, 0.3) is 77.8 Å². The van der Waals surface area contributed by atoms with E-state index in [1.807, 2.05) is 124 Å². The molecule has 10 aromatic heterocycles. The van der Waals surface area contributed by atoms with Crippen molar-refractivity contribution >= 4 is 61.8 Å². The van der Waals surface area contributed by atoms with Crippen LogP contribution in [0.1, 0.15) is 59.3 Å². The molecule has 0 saturated carbocycles. The lowest BCUT2D eigenvalue weighted by Crippen LogP contribution is -2.22.